The van der Waals surface area contributed by atoms with E-state index in [1.807, 2.05) is 6.92 Å². The average molecular weight is 460 g/mol. The number of amides is 1. The predicted octanol–water partition coefficient (Wildman–Crippen LogP) is 4.66. The number of anilines is 1. The number of rotatable bonds is 8. The summed E-state index contributed by atoms with van der Waals surface area (Å²) in [6.07, 6.45) is -0.388. The summed E-state index contributed by atoms with van der Waals surface area (Å²) >= 11 is 1.22. The molecule has 1 heterocycles. The lowest BCUT2D eigenvalue weighted by atomic mass is 9.82. The molecule has 0 aliphatic heterocycles. The lowest BCUT2D eigenvalue weighted by Crippen LogP contribution is -2.39. The van der Waals surface area contributed by atoms with E-state index in [-0.39, 0.29) is 12.8 Å². The van der Waals surface area contributed by atoms with Crippen LogP contribution in [0.2, 0.25) is 0 Å². The minimum atomic E-state index is -4.45. The van der Waals surface area contributed by atoms with Crippen molar-refractivity contribution >= 4 is 38.6 Å². The zero-order chi connectivity index (χ0) is 22.6. The standard InChI is InChI=1S/C20H20F4N2O4S/c1-2-29-11-7-8-14-15(9-11)31-19(25-14)26-16(27)12-5-3-4-6-13(12)17(28)30-10-20(23,24)18(21)22/h3-4,7-9,12-13,18H,2,5-6,10H2,1H3,(H,25,26,27)/t12-,13+/m1/s1. The Morgan fingerprint density at radius 1 is 1.26 bits per heavy atom. The Hall–Kier alpha value is -2.69. The van der Waals surface area contributed by atoms with Crippen LogP contribution in [-0.2, 0) is 14.3 Å². The molecule has 0 fully saturated rings. The van der Waals surface area contributed by atoms with Gasteiger partial charge in [-0.2, -0.15) is 8.78 Å². The van der Waals surface area contributed by atoms with Crippen LogP contribution in [0.4, 0.5) is 22.7 Å². The Morgan fingerprint density at radius 3 is 2.65 bits per heavy atom. The van der Waals surface area contributed by atoms with Crippen LogP contribution in [0, 0.1) is 11.8 Å². The van der Waals surface area contributed by atoms with E-state index < -0.39 is 42.7 Å². The highest BCUT2D eigenvalue weighted by Gasteiger charge is 2.44. The number of nitrogens with one attached hydrogen (secondary N) is 1. The van der Waals surface area contributed by atoms with E-state index in [4.69, 9.17) is 4.74 Å². The van der Waals surface area contributed by atoms with Crippen LogP contribution in [0.25, 0.3) is 10.2 Å². The van der Waals surface area contributed by atoms with Gasteiger partial charge in [-0.15, -0.1) is 0 Å². The number of carbonyl (C=O) groups excluding carboxylic acids is 2. The molecule has 2 aromatic rings. The molecular formula is C20H20F4N2O4S. The first-order chi connectivity index (χ1) is 14.7. The molecule has 0 radical (unpaired) electrons. The Balaban J connectivity index is 1.68. The van der Waals surface area contributed by atoms with E-state index in [0.717, 1.165) is 4.70 Å². The second kappa shape index (κ2) is 9.63. The molecule has 0 saturated heterocycles. The first-order valence-electron chi connectivity index (χ1n) is 9.53. The van der Waals surface area contributed by atoms with E-state index in [1.165, 1.54) is 11.3 Å². The van der Waals surface area contributed by atoms with E-state index in [9.17, 15) is 27.2 Å². The van der Waals surface area contributed by atoms with Gasteiger partial charge in [-0.3, -0.25) is 9.59 Å². The molecular weight excluding hydrogens is 440 g/mol. The number of carbonyl (C=O) groups is 2. The van der Waals surface area contributed by atoms with Crippen molar-refractivity contribution in [3.05, 3.63) is 30.4 Å². The molecule has 31 heavy (non-hydrogen) atoms. The maximum absolute atomic E-state index is 13.1. The Kier molecular flexibility index (Phi) is 7.14. The quantitative estimate of drug-likeness (QED) is 0.352. The second-order valence-electron chi connectivity index (χ2n) is 6.90. The molecule has 3 rings (SSSR count). The smallest absolute Gasteiger partial charge is 0.340 e. The fourth-order valence-corrected chi connectivity index (χ4v) is 4.01. The number of ether oxygens (including phenoxy) is 2. The van der Waals surface area contributed by atoms with Gasteiger partial charge in [0.2, 0.25) is 5.91 Å². The van der Waals surface area contributed by atoms with Crippen molar-refractivity contribution in [1.82, 2.24) is 4.98 Å². The van der Waals surface area contributed by atoms with E-state index in [2.05, 4.69) is 15.0 Å². The fraction of sp³-hybridized carbons (Fsp3) is 0.450. The van der Waals surface area contributed by atoms with Gasteiger partial charge < -0.3 is 14.8 Å². The first-order valence-corrected chi connectivity index (χ1v) is 10.3. The molecule has 168 valence electrons. The number of halogens is 4. The third-order valence-corrected chi connectivity index (χ3v) is 5.63. The zero-order valence-corrected chi connectivity index (χ0v) is 17.3. The van der Waals surface area contributed by atoms with Crippen molar-refractivity contribution in [2.75, 3.05) is 18.5 Å². The van der Waals surface area contributed by atoms with Gasteiger partial charge in [0.15, 0.2) is 11.7 Å². The summed E-state index contributed by atoms with van der Waals surface area (Å²) in [5, 5.41) is 2.95. The minimum absolute atomic E-state index is 0.0781. The van der Waals surface area contributed by atoms with Crippen molar-refractivity contribution in [2.24, 2.45) is 11.8 Å². The van der Waals surface area contributed by atoms with Crippen LogP contribution < -0.4 is 10.1 Å². The highest BCUT2D eigenvalue weighted by atomic mass is 32.1. The lowest BCUT2D eigenvalue weighted by Gasteiger charge is -2.26. The number of fused-ring (bicyclic) bond motifs is 1. The molecule has 1 aromatic carbocycles. The fourth-order valence-electron chi connectivity index (χ4n) is 3.11. The van der Waals surface area contributed by atoms with Crippen LogP contribution in [0.3, 0.4) is 0 Å². The van der Waals surface area contributed by atoms with Crippen molar-refractivity contribution < 1.29 is 36.6 Å². The number of benzene rings is 1. The number of thiazole rings is 1. The Bertz CT molecular complexity index is 979. The zero-order valence-electron chi connectivity index (χ0n) is 16.4. The molecule has 1 aromatic heterocycles. The Morgan fingerprint density at radius 2 is 1.97 bits per heavy atom. The molecule has 1 aliphatic carbocycles. The van der Waals surface area contributed by atoms with Crippen molar-refractivity contribution in [3.8, 4) is 5.75 Å². The number of aromatic nitrogens is 1. The molecule has 0 bridgehead atoms. The topological polar surface area (TPSA) is 77.5 Å². The predicted molar refractivity (Wildman–Crippen MR) is 107 cm³/mol. The molecule has 0 saturated carbocycles. The van der Waals surface area contributed by atoms with Gasteiger partial charge >= 0.3 is 18.3 Å². The van der Waals surface area contributed by atoms with Crippen molar-refractivity contribution in [2.45, 2.75) is 32.1 Å². The summed E-state index contributed by atoms with van der Waals surface area (Å²) < 4.78 is 61.3. The normalized spacial score (nSPS) is 18.9. The van der Waals surface area contributed by atoms with Gasteiger partial charge in [0.05, 0.1) is 28.7 Å². The summed E-state index contributed by atoms with van der Waals surface area (Å²) in [6, 6.07) is 5.29. The van der Waals surface area contributed by atoms with E-state index >= 15 is 0 Å². The SMILES string of the molecule is CCOc1ccc2nc(NC(=O)[C@@H]3CC=CC[C@@H]3C(=O)OCC(F)(F)C(F)F)sc2c1. The maximum Gasteiger partial charge on any atom is 0.340 e. The van der Waals surface area contributed by atoms with Crippen LogP contribution in [-0.4, -0.2) is 42.4 Å². The molecule has 1 amide bonds. The molecule has 6 nitrogen and oxygen atoms in total. The largest absolute Gasteiger partial charge is 0.494 e. The average Bonchev–Trinajstić information content (AvgIpc) is 3.13. The van der Waals surface area contributed by atoms with Crippen LogP contribution in [0.15, 0.2) is 30.4 Å². The number of nitrogens with zero attached hydrogens (tertiary/aromatic N) is 1. The number of allylic oxidation sites excluding steroid dienone is 2. The summed E-state index contributed by atoms with van der Waals surface area (Å²) in [4.78, 5) is 29.3. The van der Waals surface area contributed by atoms with Crippen molar-refractivity contribution in [3.63, 3.8) is 0 Å². The Labute approximate surface area is 179 Å². The minimum Gasteiger partial charge on any atom is -0.494 e. The van der Waals surface area contributed by atoms with E-state index in [0.29, 0.717) is 23.0 Å². The van der Waals surface area contributed by atoms with Gasteiger partial charge in [-0.1, -0.05) is 23.5 Å². The van der Waals surface area contributed by atoms with Gasteiger partial charge in [-0.05, 0) is 38.0 Å². The molecule has 2 atom stereocenters. The summed E-state index contributed by atoms with van der Waals surface area (Å²) in [6.45, 7) is 0.624. The third kappa shape index (κ3) is 5.52. The maximum atomic E-state index is 13.1. The van der Waals surface area contributed by atoms with Crippen molar-refractivity contribution in [1.29, 1.82) is 0 Å². The number of hydrogen-bond acceptors (Lipinski definition) is 6. The van der Waals surface area contributed by atoms with Crippen LogP contribution in [0.5, 0.6) is 5.75 Å². The van der Waals surface area contributed by atoms with Gasteiger partial charge in [0.1, 0.15) is 5.75 Å². The number of hydrogen-bond donors (Lipinski definition) is 1. The molecule has 0 unspecified atom stereocenters. The van der Waals surface area contributed by atoms with Gasteiger partial charge in [0, 0.05) is 0 Å². The van der Waals surface area contributed by atoms with E-state index in [1.54, 1.807) is 30.4 Å². The summed E-state index contributed by atoms with van der Waals surface area (Å²) in [7, 11) is 0. The summed E-state index contributed by atoms with van der Waals surface area (Å²) in [5.74, 6) is -7.39. The monoisotopic (exact) mass is 460 g/mol. The lowest BCUT2D eigenvalue weighted by molar-refractivity contribution is -0.184. The third-order valence-electron chi connectivity index (χ3n) is 4.70. The van der Waals surface area contributed by atoms with Crippen LogP contribution >= 0.6 is 11.3 Å². The highest BCUT2D eigenvalue weighted by molar-refractivity contribution is 7.22. The first kappa shape index (κ1) is 23.0. The van der Waals surface area contributed by atoms with Crippen LogP contribution in [0.1, 0.15) is 19.8 Å². The molecule has 1 N–H and O–H groups in total. The molecule has 1 aliphatic rings. The summed E-state index contributed by atoms with van der Waals surface area (Å²) in [5.41, 5.74) is 0.650. The second-order valence-corrected chi connectivity index (χ2v) is 7.93. The molecule has 0 spiro atoms. The molecule has 11 heteroatoms. The number of esters is 1. The van der Waals surface area contributed by atoms with Gasteiger partial charge in [0.25, 0.3) is 0 Å². The number of alkyl halides is 4. The highest BCUT2D eigenvalue weighted by Crippen LogP contribution is 2.32. The van der Waals surface area contributed by atoms with Gasteiger partial charge in [-0.25, -0.2) is 13.8 Å².